The molecule has 7 nitrogen and oxygen atoms in total. The predicted molar refractivity (Wildman–Crippen MR) is 59.8 cm³/mol. The number of amides is 1. The summed E-state index contributed by atoms with van der Waals surface area (Å²) in [5.41, 5.74) is 0. The molecule has 1 aliphatic heterocycles. The second-order valence-electron chi connectivity index (χ2n) is 3.97. The molecule has 0 spiro atoms. The van der Waals surface area contributed by atoms with Gasteiger partial charge in [-0.25, -0.2) is 8.42 Å². The summed E-state index contributed by atoms with van der Waals surface area (Å²) in [7, 11) is -3.38. The van der Waals surface area contributed by atoms with Crippen LogP contribution in [0.3, 0.4) is 0 Å². The highest BCUT2D eigenvalue weighted by Crippen LogP contribution is 2.20. The Morgan fingerprint density at radius 1 is 1.47 bits per heavy atom. The van der Waals surface area contributed by atoms with Crippen molar-refractivity contribution >= 4 is 21.9 Å². The fourth-order valence-electron chi connectivity index (χ4n) is 1.81. The van der Waals surface area contributed by atoms with Crippen molar-refractivity contribution in [3.63, 3.8) is 0 Å². The molecule has 1 aliphatic rings. The molecule has 0 bridgehead atoms. The van der Waals surface area contributed by atoms with E-state index in [-0.39, 0.29) is 13.0 Å². The van der Waals surface area contributed by atoms with Crippen molar-refractivity contribution in [1.82, 2.24) is 9.62 Å². The Bertz CT molecular complexity index is 406. The Balaban J connectivity index is 2.54. The van der Waals surface area contributed by atoms with E-state index in [1.165, 1.54) is 0 Å². The van der Waals surface area contributed by atoms with E-state index in [0.29, 0.717) is 19.4 Å². The number of hydrogen-bond acceptors (Lipinski definition) is 4. The van der Waals surface area contributed by atoms with Crippen LogP contribution >= 0.6 is 0 Å². The maximum Gasteiger partial charge on any atom is 0.305 e. The number of nitrogens with zero attached hydrogens (tertiary/aromatic N) is 1. The van der Waals surface area contributed by atoms with Gasteiger partial charge in [-0.05, 0) is 12.8 Å². The first-order valence-corrected chi connectivity index (χ1v) is 7.13. The Morgan fingerprint density at radius 2 is 2.12 bits per heavy atom. The standard InChI is InChI=1S/C9H16N2O5S/c1-17(15,16)11-6-2-3-7(11)9(14)10-5-4-8(12)13/h7H,2-6H2,1H3,(H,10,14)(H,12,13)/t7-/m1/s1. The lowest BCUT2D eigenvalue weighted by Crippen LogP contribution is -2.45. The summed E-state index contributed by atoms with van der Waals surface area (Å²) in [6.45, 7) is 0.359. The molecule has 1 heterocycles. The third-order valence-corrected chi connectivity index (χ3v) is 3.86. The van der Waals surface area contributed by atoms with Crippen LogP contribution in [0.25, 0.3) is 0 Å². The van der Waals surface area contributed by atoms with E-state index in [2.05, 4.69) is 5.32 Å². The van der Waals surface area contributed by atoms with Gasteiger partial charge in [0.2, 0.25) is 15.9 Å². The summed E-state index contributed by atoms with van der Waals surface area (Å²) in [5.74, 6) is -1.43. The molecule has 98 valence electrons. The highest BCUT2D eigenvalue weighted by atomic mass is 32.2. The molecule has 1 fully saturated rings. The zero-order chi connectivity index (χ0) is 13.1. The first-order chi connectivity index (χ1) is 7.82. The van der Waals surface area contributed by atoms with Gasteiger partial charge in [0.05, 0.1) is 12.7 Å². The molecule has 0 aromatic heterocycles. The lowest BCUT2D eigenvalue weighted by atomic mass is 10.2. The molecule has 0 aliphatic carbocycles. The predicted octanol–water partition coefficient (Wildman–Crippen LogP) is -0.999. The number of carboxylic acid groups (broad SMARTS) is 1. The number of aliphatic carboxylic acids is 1. The summed E-state index contributed by atoms with van der Waals surface area (Å²) in [4.78, 5) is 21.9. The summed E-state index contributed by atoms with van der Waals surface area (Å²) in [6, 6.07) is -0.696. The SMILES string of the molecule is CS(=O)(=O)N1CCC[C@@H]1C(=O)NCCC(=O)O. The van der Waals surface area contributed by atoms with E-state index < -0.39 is 27.9 Å². The number of carbonyl (C=O) groups excluding carboxylic acids is 1. The van der Waals surface area contributed by atoms with Crippen molar-refractivity contribution in [2.24, 2.45) is 0 Å². The van der Waals surface area contributed by atoms with Gasteiger partial charge in [-0.1, -0.05) is 0 Å². The van der Waals surface area contributed by atoms with Crippen molar-refractivity contribution in [2.75, 3.05) is 19.3 Å². The molecule has 8 heteroatoms. The van der Waals surface area contributed by atoms with E-state index >= 15 is 0 Å². The van der Waals surface area contributed by atoms with Crippen molar-refractivity contribution in [2.45, 2.75) is 25.3 Å². The lowest BCUT2D eigenvalue weighted by molar-refractivity contribution is -0.137. The van der Waals surface area contributed by atoms with E-state index in [9.17, 15) is 18.0 Å². The van der Waals surface area contributed by atoms with Gasteiger partial charge < -0.3 is 10.4 Å². The maximum absolute atomic E-state index is 11.7. The van der Waals surface area contributed by atoms with Crippen LogP contribution in [0.4, 0.5) is 0 Å². The first-order valence-electron chi connectivity index (χ1n) is 5.28. The number of rotatable bonds is 5. The Morgan fingerprint density at radius 3 is 2.65 bits per heavy atom. The van der Waals surface area contributed by atoms with E-state index in [1.807, 2.05) is 0 Å². The number of sulfonamides is 1. The number of carboxylic acids is 1. The number of hydrogen-bond donors (Lipinski definition) is 2. The Labute approximate surface area is 99.8 Å². The van der Waals surface area contributed by atoms with Crippen molar-refractivity contribution in [3.8, 4) is 0 Å². The minimum Gasteiger partial charge on any atom is -0.481 e. The van der Waals surface area contributed by atoms with Gasteiger partial charge in [0.15, 0.2) is 0 Å². The van der Waals surface area contributed by atoms with Crippen molar-refractivity contribution in [3.05, 3.63) is 0 Å². The second kappa shape index (κ2) is 5.46. The highest BCUT2D eigenvalue weighted by Gasteiger charge is 2.36. The minimum absolute atomic E-state index is 0.0161. The topological polar surface area (TPSA) is 104 Å². The van der Waals surface area contributed by atoms with Crippen LogP contribution in [0, 0.1) is 0 Å². The van der Waals surface area contributed by atoms with Crippen molar-refractivity contribution < 1.29 is 23.1 Å². The summed E-state index contributed by atoms with van der Waals surface area (Å²) in [5, 5.41) is 10.8. The van der Waals surface area contributed by atoms with E-state index in [4.69, 9.17) is 5.11 Å². The Kier molecular flexibility index (Phi) is 4.47. The highest BCUT2D eigenvalue weighted by molar-refractivity contribution is 7.88. The smallest absolute Gasteiger partial charge is 0.305 e. The van der Waals surface area contributed by atoms with Crippen molar-refractivity contribution in [1.29, 1.82) is 0 Å². The van der Waals surface area contributed by atoms with Gasteiger partial charge in [-0.3, -0.25) is 9.59 Å². The average Bonchev–Trinajstić information content (AvgIpc) is 2.64. The third kappa shape index (κ3) is 3.97. The monoisotopic (exact) mass is 264 g/mol. The fraction of sp³-hybridized carbons (Fsp3) is 0.778. The summed E-state index contributed by atoms with van der Waals surface area (Å²) < 4.78 is 23.9. The molecule has 1 amide bonds. The molecule has 1 saturated heterocycles. The van der Waals surface area contributed by atoms with Crippen LogP contribution in [0.1, 0.15) is 19.3 Å². The lowest BCUT2D eigenvalue weighted by Gasteiger charge is -2.21. The normalized spacial score (nSPS) is 21.4. The Hall–Kier alpha value is -1.15. The number of nitrogens with one attached hydrogen (secondary N) is 1. The van der Waals surface area contributed by atoms with Crippen LogP contribution in [-0.4, -0.2) is 55.1 Å². The van der Waals surface area contributed by atoms with E-state index in [1.54, 1.807) is 0 Å². The van der Waals surface area contributed by atoms with Crippen LogP contribution < -0.4 is 5.32 Å². The first kappa shape index (κ1) is 13.9. The van der Waals surface area contributed by atoms with Crippen LogP contribution in [-0.2, 0) is 19.6 Å². The van der Waals surface area contributed by atoms with Crippen LogP contribution in [0.15, 0.2) is 0 Å². The van der Waals surface area contributed by atoms with Gasteiger partial charge in [0, 0.05) is 13.1 Å². The summed E-state index contributed by atoms with van der Waals surface area (Å²) >= 11 is 0. The molecule has 0 aromatic rings. The minimum atomic E-state index is -3.38. The zero-order valence-corrected chi connectivity index (χ0v) is 10.4. The molecule has 0 radical (unpaired) electrons. The third-order valence-electron chi connectivity index (χ3n) is 2.57. The van der Waals surface area contributed by atoms with Gasteiger partial charge in [0.25, 0.3) is 0 Å². The van der Waals surface area contributed by atoms with Crippen LogP contribution in [0.5, 0.6) is 0 Å². The molecule has 0 saturated carbocycles. The van der Waals surface area contributed by atoms with E-state index in [0.717, 1.165) is 10.6 Å². The molecule has 0 aromatic carbocycles. The fourth-order valence-corrected chi connectivity index (χ4v) is 2.93. The zero-order valence-electron chi connectivity index (χ0n) is 9.55. The molecular formula is C9H16N2O5S. The average molecular weight is 264 g/mol. The molecular weight excluding hydrogens is 248 g/mol. The number of carbonyl (C=O) groups is 2. The molecule has 2 N–H and O–H groups in total. The summed E-state index contributed by atoms with van der Waals surface area (Å²) in [6.07, 6.45) is 2.02. The largest absolute Gasteiger partial charge is 0.481 e. The van der Waals surface area contributed by atoms with Crippen LogP contribution in [0.2, 0.25) is 0 Å². The maximum atomic E-state index is 11.7. The molecule has 1 rings (SSSR count). The molecule has 17 heavy (non-hydrogen) atoms. The second-order valence-corrected chi connectivity index (χ2v) is 5.90. The quantitative estimate of drug-likeness (QED) is 0.663. The van der Waals surface area contributed by atoms with Gasteiger partial charge in [-0.15, -0.1) is 0 Å². The molecule has 1 atom stereocenters. The van der Waals surface area contributed by atoms with Gasteiger partial charge >= 0.3 is 5.97 Å². The van der Waals surface area contributed by atoms with Gasteiger partial charge in [-0.2, -0.15) is 4.31 Å². The van der Waals surface area contributed by atoms with Gasteiger partial charge in [0.1, 0.15) is 6.04 Å². The molecule has 0 unspecified atom stereocenters.